The number of hydrogen-bond acceptors (Lipinski definition) is 6. The van der Waals surface area contributed by atoms with Gasteiger partial charge in [0.25, 0.3) is 0 Å². The van der Waals surface area contributed by atoms with Crippen LogP contribution in [0.2, 0.25) is 0 Å². The number of carbonyl (C=O) groups excluding carboxylic acids is 2. The maximum Gasteiger partial charge on any atom is 0.236 e. The Hall–Kier alpha value is -2.22. The molecule has 1 aliphatic rings. The first-order valence-electron chi connectivity index (χ1n) is 8.63. The number of piperazine rings is 1. The predicted molar refractivity (Wildman–Crippen MR) is 95.6 cm³/mol. The summed E-state index contributed by atoms with van der Waals surface area (Å²) in [4.78, 5) is 36.5. The molecule has 0 spiro atoms. The van der Waals surface area contributed by atoms with Gasteiger partial charge >= 0.3 is 0 Å². The largest absolute Gasteiger partial charge is 0.368 e. The third kappa shape index (κ3) is 4.45. The number of nitrogens with two attached hydrogens (primary N) is 2. The number of nitrogens with zero attached hydrogens (tertiary/aromatic N) is 4. The van der Waals surface area contributed by atoms with E-state index in [-0.39, 0.29) is 23.8 Å². The van der Waals surface area contributed by atoms with Crippen LogP contribution in [0.4, 0.5) is 5.95 Å². The van der Waals surface area contributed by atoms with E-state index in [0.717, 1.165) is 17.0 Å². The van der Waals surface area contributed by atoms with Crippen LogP contribution in [0.15, 0.2) is 0 Å². The van der Waals surface area contributed by atoms with Crippen LogP contribution in [-0.4, -0.2) is 63.3 Å². The highest BCUT2D eigenvalue weighted by Gasteiger charge is 2.34. The van der Waals surface area contributed by atoms with Crippen LogP contribution in [0.1, 0.15) is 37.2 Å². The molecule has 1 aromatic heterocycles. The molecule has 8 heteroatoms. The van der Waals surface area contributed by atoms with Crippen molar-refractivity contribution in [2.45, 2.75) is 52.6 Å². The summed E-state index contributed by atoms with van der Waals surface area (Å²) >= 11 is 0. The Balaban J connectivity index is 2.01. The van der Waals surface area contributed by atoms with Crippen molar-refractivity contribution in [3.63, 3.8) is 0 Å². The third-order valence-corrected chi connectivity index (χ3v) is 4.79. The normalized spacial score (nSPS) is 18.6. The summed E-state index contributed by atoms with van der Waals surface area (Å²) in [5.74, 6) is -0.116. The highest BCUT2D eigenvalue weighted by atomic mass is 16.2. The Morgan fingerprint density at radius 1 is 1.20 bits per heavy atom. The van der Waals surface area contributed by atoms with E-state index in [1.165, 1.54) is 0 Å². The molecule has 138 valence electrons. The predicted octanol–water partition coefficient (Wildman–Crippen LogP) is 0.0147. The van der Waals surface area contributed by atoms with E-state index in [0.29, 0.717) is 32.5 Å². The van der Waals surface area contributed by atoms with E-state index in [1.54, 1.807) is 4.90 Å². The highest BCUT2D eigenvalue weighted by molar-refractivity contribution is 5.82. The summed E-state index contributed by atoms with van der Waals surface area (Å²) in [6, 6.07) is -0.215. The lowest BCUT2D eigenvalue weighted by molar-refractivity contribution is -0.138. The fraction of sp³-hybridized carbons (Fsp3) is 0.647. The van der Waals surface area contributed by atoms with Gasteiger partial charge in [-0.2, -0.15) is 0 Å². The van der Waals surface area contributed by atoms with E-state index in [4.69, 9.17) is 11.5 Å². The Morgan fingerprint density at radius 3 is 2.32 bits per heavy atom. The van der Waals surface area contributed by atoms with Crippen molar-refractivity contribution in [1.29, 1.82) is 0 Å². The molecular weight excluding hydrogens is 320 g/mol. The zero-order valence-corrected chi connectivity index (χ0v) is 15.5. The smallest absolute Gasteiger partial charge is 0.236 e. The minimum absolute atomic E-state index is 0.0188. The second kappa shape index (κ2) is 7.77. The number of rotatable bonds is 5. The number of nitrogen functional groups attached to an aromatic ring is 1. The number of anilines is 1. The second-order valence-corrected chi connectivity index (χ2v) is 6.82. The van der Waals surface area contributed by atoms with Crippen LogP contribution in [0.5, 0.6) is 0 Å². The van der Waals surface area contributed by atoms with Gasteiger partial charge in [0, 0.05) is 43.5 Å². The van der Waals surface area contributed by atoms with Gasteiger partial charge in [-0.15, -0.1) is 0 Å². The van der Waals surface area contributed by atoms with Crippen molar-refractivity contribution in [1.82, 2.24) is 19.8 Å². The van der Waals surface area contributed by atoms with Crippen molar-refractivity contribution >= 4 is 17.8 Å². The molecule has 2 heterocycles. The van der Waals surface area contributed by atoms with E-state index < -0.39 is 6.04 Å². The monoisotopic (exact) mass is 348 g/mol. The van der Waals surface area contributed by atoms with Gasteiger partial charge in [-0.25, -0.2) is 9.97 Å². The Bertz CT molecular complexity index is 638. The standard InChI is InChI=1S/C17H28N6O2/c1-10(2)23-8-7-22(9-14(23)16(18)25)15(24)6-5-13-11(3)20-17(19)21-12(13)4/h10,14H,5-9H2,1-4H3,(H2,18,25)(H2,19,20,21). The summed E-state index contributed by atoms with van der Waals surface area (Å²) in [5, 5.41) is 0. The molecule has 1 aliphatic heterocycles. The molecule has 25 heavy (non-hydrogen) atoms. The summed E-state index contributed by atoms with van der Waals surface area (Å²) in [6.45, 7) is 9.41. The average molecular weight is 348 g/mol. The highest BCUT2D eigenvalue weighted by Crippen LogP contribution is 2.17. The van der Waals surface area contributed by atoms with Gasteiger partial charge in [-0.05, 0) is 39.7 Å². The zero-order chi connectivity index (χ0) is 18.7. The number of carbonyl (C=O) groups is 2. The van der Waals surface area contributed by atoms with Crippen LogP contribution >= 0.6 is 0 Å². The molecule has 1 aromatic rings. The molecule has 0 saturated carbocycles. The molecule has 2 rings (SSSR count). The maximum atomic E-state index is 12.6. The SMILES string of the molecule is Cc1nc(N)nc(C)c1CCC(=O)N1CCN(C(C)C)C(C(N)=O)C1. The second-order valence-electron chi connectivity index (χ2n) is 6.82. The summed E-state index contributed by atoms with van der Waals surface area (Å²) in [5.41, 5.74) is 13.7. The van der Waals surface area contributed by atoms with Gasteiger partial charge in [0.05, 0.1) is 0 Å². The molecule has 4 N–H and O–H groups in total. The van der Waals surface area contributed by atoms with Gasteiger partial charge in [0.2, 0.25) is 17.8 Å². The number of amides is 2. The van der Waals surface area contributed by atoms with Gasteiger partial charge in [-0.3, -0.25) is 14.5 Å². The van der Waals surface area contributed by atoms with Crippen molar-refractivity contribution in [3.8, 4) is 0 Å². The van der Waals surface area contributed by atoms with Gasteiger partial charge in [-0.1, -0.05) is 0 Å². The quantitative estimate of drug-likeness (QED) is 0.774. The molecule has 2 amide bonds. The van der Waals surface area contributed by atoms with Crippen LogP contribution in [0, 0.1) is 13.8 Å². The van der Waals surface area contributed by atoms with Gasteiger partial charge in [0.1, 0.15) is 6.04 Å². The van der Waals surface area contributed by atoms with Crippen LogP contribution in [-0.2, 0) is 16.0 Å². The molecule has 8 nitrogen and oxygen atoms in total. The van der Waals surface area contributed by atoms with Gasteiger partial charge < -0.3 is 16.4 Å². The first-order chi connectivity index (χ1) is 11.7. The Morgan fingerprint density at radius 2 is 1.80 bits per heavy atom. The number of hydrogen-bond donors (Lipinski definition) is 2. The summed E-state index contributed by atoms with van der Waals surface area (Å²) in [7, 11) is 0. The lowest BCUT2D eigenvalue weighted by atomic mass is 10.0. The zero-order valence-electron chi connectivity index (χ0n) is 15.5. The van der Waals surface area contributed by atoms with E-state index >= 15 is 0 Å². The first kappa shape index (κ1) is 19.1. The van der Waals surface area contributed by atoms with Crippen LogP contribution < -0.4 is 11.5 Å². The average Bonchev–Trinajstić information content (AvgIpc) is 2.52. The number of aromatic nitrogens is 2. The first-order valence-corrected chi connectivity index (χ1v) is 8.63. The number of primary amides is 1. The molecule has 1 unspecified atom stereocenters. The third-order valence-electron chi connectivity index (χ3n) is 4.79. The van der Waals surface area contributed by atoms with Crippen molar-refractivity contribution in [2.75, 3.05) is 25.4 Å². The minimum Gasteiger partial charge on any atom is -0.368 e. The molecular formula is C17H28N6O2. The van der Waals surface area contributed by atoms with Crippen molar-refractivity contribution in [3.05, 3.63) is 17.0 Å². The molecule has 0 aliphatic carbocycles. The summed E-state index contributed by atoms with van der Waals surface area (Å²) < 4.78 is 0. The van der Waals surface area contributed by atoms with Crippen molar-refractivity contribution < 1.29 is 9.59 Å². The van der Waals surface area contributed by atoms with E-state index in [9.17, 15) is 9.59 Å². The number of aryl methyl sites for hydroxylation is 2. The van der Waals surface area contributed by atoms with Gasteiger partial charge in [0.15, 0.2) is 0 Å². The Labute approximate surface area is 148 Å². The van der Waals surface area contributed by atoms with Crippen LogP contribution in [0.3, 0.4) is 0 Å². The van der Waals surface area contributed by atoms with Crippen LogP contribution in [0.25, 0.3) is 0 Å². The van der Waals surface area contributed by atoms with E-state index in [2.05, 4.69) is 9.97 Å². The Kier molecular flexibility index (Phi) is 5.94. The lowest BCUT2D eigenvalue weighted by Gasteiger charge is -2.42. The molecule has 1 saturated heterocycles. The molecule has 0 radical (unpaired) electrons. The maximum absolute atomic E-state index is 12.6. The molecule has 0 bridgehead atoms. The molecule has 0 aromatic carbocycles. The fourth-order valence-electron chi connectivity index (χ4n) is 3.41. The fourth-order valence-corrected chi connectivity index (χ4v) is 3.41. The van der Waals surface area contributed by atoms with Crippen molar-refractivity contribution in [2.24, 2.45) is 5.73 Å². The topological polar surface area (TPSA) is 118 Å². The molecule has 1 atom stereocenters. The van der Waals surface area contributed by atoms with E-state index in [1.807, 2.05) is 32.6 Å². The lowest BCUT2D eigenvalue weighted by Crippen LogP contribution is -2.61. The summed E-state index contributed by atoms with van der Waals surface area (Å²) in [6.07, 6.45) is 0.907. The minimum atomic E-state index is -0.430. The molecule has 1 fully saturated rings.